The SMILES string of the molecule is CC(=O)c1ccc(N2CCOC(C)C2)cn1. The van der Waals surface area contributed by atoms with E-state index in [1.165, 1.54) is 6.92 Å². The molecule has 4 nitrogen and oxygen atoms in total. The lowest BCUT2D eigenvalue weighted by atomic mass is 10.2. The largest absolute Gasteiger partial charge is 0.375 e. The Kier molecular flexibility index (Phi) is 3.19. The number of hydrogen-bond donors (Lipinski definition) is 0. The number of carbonyl (C=O) groups excluding carboxylic acids is 1. The predicted octanol–water partition coefficient (Wildman–Crippen LogP) is 1.51. The van der Waals surface area contributed by atoms with Crippen LogP contribution in [0.25, 0.3) is 0 Å². The molecule has 1 unspecified atom stereocenters. The second-order valence-electron chi connectivity index (χ2n) is 4.09. The number of ketones is 1. The van der Waals surface area contributed by atoms with Crippen molar-refractivity contribution in [3.8, 4) is 0 Å². The van der Waals surface area contributed by atoms with E-state index in [1.807, 2.05) is 6.07 Å². The number of morpholine rings is 1. The van der Waals surface area contributed by atoms with Gasteiger partial charge in [-0.2, -0.15) is 0 Å². The Balaban J connectivity index is 2.11. The van der Waals surface area contributed by atoms with E-state index in [1.54, 1.807) is 12.3 Å². The van der Waals surface area contributed by atoms with Crippen LogP contribution in [0, 0.1) is 0 Å². The van der Waals surface area contributed by atoms with Crippen LogP contribution in [0.5, 0.6) is 0 Å². The molecule has 16 heavy (non-hydrogen) atoms. The van der Waals surface area contributed by atoms with Gasteiger partial charge in [-0.1, -0.05) is 0 Å². The van der Waals surface area contributed by atoms with E-state index in [-0.39, 0.29) is 11.9 Å². The van der Waals surface area contributed by atoms with Crippen LogP contribution in [0.15, 0.2) is 18.3 Å². The third-order valence-electron chi connectivity index (χ3n) is 2.71. The molecule has 0 N–H and O–H groups in total. The molecular weight excluding hydrogens is 204 g/mol. The fourth-order valence-corrected chi connectivity index (χ4v) is 1.83. The molecule has 0 radical (unpaired) electrons. The number of carbonyl (C=O) groups is 1. The van der Waals surface area contributed by atoms with Gasteiger partial charge in [0, 0.05) is 20.0 Å². The maximum absolute atomic E-state index is 11.1. The lowest BCUT2D eigenvalue weighted by Crippen LogP contribution is -2.41. The van der Waals surface area contributed by atoms with Gasteiger partial charge in [0.1, 0.15) is 5.69 Å². The highest BCUT2D eigenvalue weighted by atomic mass is 16.5. The Morgan fingerprint density at radius 1 is 1.56 bits per heavy atom. The van der Waals surface area contributed by atoms with Crippen molar-refractivity contribution in [2.24, 2.45) is 0 Å². The number of Topliss-reactive ketones (excluding diaryl/α,β-unsaturated/α-hetero) is 1. The molecule has 2 rings (SSSR count). The van der Waals surface area contributed by atoms with Crippen molar-refractivity contribution in [3.63, 3.8) is 0 Å². The molecule has 0 spiro atoms. The van der Waals surface area contributed by atoms with Gasteiger partial charge in [-0.15, -0.1) is 0 Å². The van der Waals surface area contributed by atoms with Gasteiger partial charge in [-0.25, -0.2) is 0 Å². The van der Waals surface area contributed by atoms with Crippen LogP contribution in [0.3, 0.4) is 0 Å². The Morgan fingerprint density at radius 3 is 2.94 bits per heavy atom. The summed E-state index contributed by atoms with van der Waals surface area (Å²) in [6.07, 6.45) is 2.01. The quantitative estimate of drug-likeness (QED) is 0.708. The second-order valence-corrected chi connectivity index (χ2v) is 4.09. The smallest absolute Gasteiger partial charge is 0.178 e. The van der Waals surface area contributed by atoms with E-state index < -0.39 is 0 Å². The van der Waals surface area contributed by atoms with Crippen molar-refractivity contribution < 1.29 is 9.53 Å². The fraction of sp³-hybridized carbons (Fsp3) is 0.500. The first-order valence-corrected chi connectivity index (χ1v) is 5.50. The summed E-state index contributed by atoms with van der Waals surface area (Å²) in [7, 11) is 0. The van der Waals surface area contributed by atoms with E-state index in [0.717, 1.165) is 25.4 Å². The summed E-state index contributed by atoms with van der Waals surface area (Å²) in [5.74, 6) is 0.00176. The Labute approximate surface area is 95.2 Å². The molecule has 0 aromatic carbocycles. The summed E-state index contributed by atoms with van der Waals surface area (Å²) in [5.41, 5.74) is 1.57. The number of nitrogens with zero attached hydrogens (tertiary/aromatic N) is 2. The Hall–Kier alpha value is -1.42. The van der Waals surface area contributed by atoms with E-state index in [0.29, 0.717) is 5.69 Å². The summed E-state index contributed by atoms with van der Waals surface area (Å²) in [4.78, 5) is 17.5. The molecule has 1 saturated heterocycles. The van der Waals surface area contributed by atoms with Gasteiger partial charge in [0.2, 0.25) is 0 Å². The molecule has 4 heteroatoms. The molecular formula is C12H16N2O2. The first-order chi connectivity index (χ1) is 7.66. The number of rotatable bonds is 2. The molecule has 0 saturated carbocycles. The lowest BCUT2D eigenvalue weighted by molar-refractivity contribution is 0.0532. The normalized spacial score (nSPS) is 20.9. The predicted molar refractivity (Wildman–Crippen MR) is 61.9 cm³/mol. The molecule has 1 aliphatic rings. The molecule has 1 aromatic heterocycles. The van der Waals surface area contributed by atoms with Crippen LogP contribution in [-0.2, 0) is 4.74 Å². The molecule has 1 fully saturated rings. The van der Waals surface area contributed by atoms with Gasteiger partial charge in [0.05, 0.1) is 24.6 Å². The van der Waals surface area contributed by atoms with Crippen LogP contribution in [-0.4, -0.2) is 36.6 Å². The number of pyridine rings is 1. The van der Waals surface area contributed by atoms with Crippen LogP contribution in [0.1, 0.15) is 24.3 Å². The standard InChI is InChI=1S/C12H16N2O2/c1-9-8-14(5-6-16-9)11-3-4-12(10(2)15)13-7-11/h3-4,7,9H,5-6,8H2,1-2H3. The zero-order valence-corrected chi connectivity index (χ0v) is 9.64. The van der Waals surface area contributed by atoms with Gasteiger partial charge in [0.25, 0.3) is 0 Å². The minimum Gasteiger partial charge on any atom is -0.375 e. The van der Waals surface area contributed by atoms with Crippen molar-refractivity contribution in [2.45, 2.75) is 20.0 Å². The van der Waals surface area contributed by atoms with Gasteiger partial charge in [-0.05, 0) is 19.1 Å². The van der Waals surface area contributed by atoms with Crippen molar-refractivity contribution in [3.05, 3.63) is 24.0 Å². The van der Waals surface area contributed by atoms with Crippen molar-refractivity contribution >= 4 is 11.5 Å². The van der Waals surface area contributed by atoms with Crippen LogP contribution >= 0.6 is 0 Å². The van der Waals surface area contributed by atoms with E-state index >= 15 is 0 Å². The molecule has 0 amide bonds. The number of ether oxygens (including phenoxy) is 1. The summed E-state index contributed by atoms with van der Waals surface area (Å²) in [6, 6.07) is 3.72. The molecule has 1 aromatic rings. The van der Waals surface area contributed by atoms with E-state index in [4.69, 9.17) is 4.74 Å². The average molecular weight is 220 g/mol. The van der Waals surface area contributed by atoms with Crippen LogP contribution in [0.4, 0.5) is 5.69 Å². The van der Waals surface area contributed by atoms with Gasteiger partial charge in [0.15, 0.2) is 5.78 Å². The fourth-order valence-electron chi connectivity index (χ4n) is 1.83. The molecule has 1 atom stereocenters. The summed E-state index contributed by atoms with van der Waals surface area (Å²) in [6.45, 7) is 6.09. The minimum absolute atomic E-state index is 0.00176. The summed E-state index contributed by atoms with van der Waals surface area (Å²) in [5, 5.41) is 0. The highest BCUT2D eigenvalue weighted by Crippen LogP contribution is 2.16. The first-order valence-electron chi connectivity index (χ1n) is 5.50. The average Bonchev–Trinajstić information content (AvgIpc) is 2.29. The highest BCUT2D eigenvalue weighted by Gasteiger charge is 2.17. The van der Waals surface area contributed by atoms with E-state index in [2.05, 4.69) is 16.8 Å². The summed E-state index contributed by atoms with van der Waals surface area (Å²) >= 11 is 0. The first kappa shape index (κ1) is 11.1. The van der Waals surface area contributed by atoms with Gasteiger partial charge in [-0.3, -0.25) is 9.78 Å². The van der Waals surface area contributed by atoms with Crippen molar-refractivity contribution in [1.82, 2.24) is 4.98 Å². The molecule has 1 aliphatic heterocycles. The van der Waals surface area contributed by atoms with Gasteiger partial charge < -0.3 is 9.64 Å². The van der Waals surface area contributed by atoms with Crippen molar-refractivity contribution in [2.75, 3.05) is 24.6 Å². The highest BCUT2D eigenvalue weighted by molar-refractivity contribution is 5.92. The molecule has 86 valence electrons. The number of anilines is 1. The van der Waals surface area contributed by atoms with Gasteiger partial charge >= 0.3 is 0 Å². The number of aromatic nitrogens is 1. The minimum atomic E-state index is 0.00176. The third-order valence-corrected chi connectivity index (χ3v) is 2.71. The third kappa shape index (κ3) is 2.39. The second kappa shape index (κ2) is 4.61. The lowest BCUT2D eigenvalue weighted by Gasteiger charge is -2.32. The number of hydrogen-bond acceptors (Lipinski definition) is 4. The Morgan fingerprint density at radius 2 is 2.38 bits per heavy atom. The topological polar surface area (TPSA) is 42.4 Å². The summed E-state index contributed by atoms with van der Waals surface area (Å²) < 4.78 is 5.48. The van der Waals surface area contributed by atoms with Crippen LogP contribution < -0.4 is 4.90 Å². The van der Waals surface area contributed by atoms with Crippen LogP contribution in [0.2, 0.25) is 0 Å². The molecule has 0 bridgehead atoms. The zero-order chi connectivity index (χ0) is 11.5. The Bertz CT molecular complexity index is 375. The molecule has 2 heterocycles. The maximum Gasteiger partial charge on any atom is 0.178 e. The van der Waals surface area contributed by atoms with Crippen molar-refractivity contribution in [1.29, 1.82) is 0 Å². The maximum atomic E-state index is 11.1. The monoisotopic (exact) mass is 220 g/mol. The molecule has 0 aliphatic carbocycles. The zero-order valence-electron chi connectivity index (χ0n) is 9.64. The van der Waals surface area contributed by atoms with E-state index in [9.17, 15) is 4.79 Å².